The molecule has 2 rings (SSSR count). The third-order valence-corrected chi connectivity index (χ3v) is 7.20. The molecule has 0 aromatic heterocycles. The van der Waals surface area contributed by atoms with Gasteiger partial charge in [0.15, 0.2) is 0 Å². The summed E-state index contributed by atoms with van der Waals surface area (Å²) in [7, 11) is -0.971. The molecule has 1 N–H and O–H groups in total. The molecule has 1 fully saturated rings. The Morgan fingerprint density at radius 1 is 1.33 bits per heavy atom. The number of hydrogen-bond acceptors (Lipinski definition) is 3. The van der Waals surface area contributed by atoms with E-state index in [1.807, 2.05) is 19.2 Å². The molecule has 3 atom stereocenters. The molecular formula is C16H24BrNO2S. The molecule has 1 aliphatic carbocycles. The summed E-state index contributed by atoms with van der Waals surface area (Å²) >= 11 is 3.59. The van der Waals surface area contributed by atoms with Gasteiger partial charge < -0.3 is 5.32 Å². The van der Waals surface area contributed by atoms with Crippen LogP contribution in [-0.2, 0) is 9.84 Å². The van der Waals surface area contributed by atoms with E-state index >= 15 is 0 Å². The van der Waals surface area contributed by atoms with Crippen LogP contribution >= 0.6 is 15.9 Å². The van der Waals surface area contributed by atoms with Crippen molar-refractivity contribution in [1.29, 1.82) is 0 Å². The van der Waals surface area contributed by atoms with Gasteiger partial charge in [-0.1, -0.05) is 34.5 Å². The van der Waals surface area contributed by atoms with Gasteiger partial charge in [0.1, 0.15) is 9.84 Å². The number of rotatable bonds is 4. The van der Waals surface area contributed by atoms with E-state index in [1.54, 1.807) is 0 Å². The van der Waals surface area contributed by atoms with Gasteiger partial charge in [0.2, 0.25) is 0 Å². The average Bonchev–Trinajstić information content (AvgIpc) is 2.44. The van der Waals surface area contributed by atoms with Crippen LogP contribution in [0, 0.1) is 12.8 Å². The lowest BCUT2D eigenvalue weighted by Gasteiger charge is -2.34. The first kappa shape index (κ1) is 17.0. The van der Waals surface area contributed by atoms with E-state index in [9.17, 15) is 8.42 Å². The third-order valence-electron chi connectivity index (χ3n) is 4.70. The van der Waals surface area contributed by atoms with Crippen LogP contribution in [0.2, 0.25) is 0 Å². The molecule has 0 amide bonds. The lowest BCUT2D eigenvalue weighted by atomic mass is 9.80. The number of halogens is 1. The Balaban J connectivity index is 2.27. The van der Waals surface area contributed by atoms with E-state index in [1.165, 1.54) is 17.4 Å². The Labute approximate surface area is 136 Å². The van der Waals surface area contributed by atoms with Crippen LogP contribution in [-0.4, -0.2) is 27.0 Å². The number of benzene rings is 1. The van der Waals surface area contributed by atoms with Crippen molar-refractivity contribution >= 4 is 25.8 Å². The van der Waals surface area contributed by atoms with E-state index in [4.69, 9.17) is 0 Å². The van der Waals surface area contributed by atoms with Crippen molar-refractivity contribution in [2.45, 2.75) is 43.9 Å². The van der Waals surface area contributed by atoms with Crippen LogP contribution in [0.15, 0.2) is 22.7 Å². The largest absolute Gasteiger partial charge is 0.313 e. The predicted octanol–water partition coefficient (Wildman–Crippen LogP) is 3.62. The van der Waals surface area contributed by atoms with Gasteiger partial charge in [-0.25, -0.2) is 8.42 Å². The summed E-state index contributed by atoms with van der Waals surface area (Å²) in [5.74, 6) is 0.372. The number of nitrogens with one attached hydrogen (secondary N) is 1. The third kappa shape index (κ3) is 3.88. The van der Waals surface area contributed by atoms with Crippen molar-refractivity contribution < 1.29 is 8.42 Å². The first-order valence-corrected chi connectivity index (χ1v) is 10.2. The molecular weight excluding hydrogens is 350 g/mol. The molecule has 3 unspecified atom stereocenters. The summed E-state index contributed by atoms with van der Waals surface area (Å²) in [5.41, 5.74) is 2.50. The lowest BCUT2D eigenvalue weighted by Crippen LogP contribution is -2.34. The van der Waals surface area contributed by atoms with Crippen molar-refractivity contribution in [2.75, 3.05) is 13.3 Å². The van der Waals surface area contributed by atoms with Crippen LogP contribution in [0.4, 0.5) is 0 Å². The molecule has 0 heterocycles. The minimum atomic E-state index is -2.94. The molecule has 0 saturated heterocycles. The highest BCUT2D eigenvalue weighted by molar-refractivity contribution is 9.10. The normalized spacial score (nSPS) is 24.8. The van der Waals surface area contributed by atoms with Gasteiger partial charge in [0, 0.05) is 16.8 Å². The topological polar surface area (TPSA) is 46.2 Å². The van der Waals surface area contributed by atoms with Crippen LogP contribution in [0.1, 0.15) is 42.9 Å². The molecule has 5 heteroatoms. The molecule has 1 aliphatic rings. The average molecular weight is 374 g/mol. The molecule has 0 bridgehead atoms. The molecule has 1 saturated carbocycles. The van der Waals surface area contributed by atoms with Gasteiger partial charge in [0.05, 0.1) is 5.25 Å². The fourth-order valence-electron chi connectivity index (χ4n) is 3.48. The van der Waals surface area contributed by atoms with Gasteiger partial charge >= 0.3 is 0 Å². The summed E-state index contributed by atoms with van der Waals surface area (Å²) in [6.07, 6.45) is 5.02. The van der Waals surface area contributed by atoms with Gasteiger partial charge in [0.25, 0.3) is 0 Å². The molecule has 0 spiro atoms. The van der Waals surface area contributed by atoms with Gasteiger partial charge in [-0.2, -0.15) is 0 Å². The van der Waals surface area contributed by atoms with Crippen molar-refractivity contribution in [3.05, 3.63) is 33.8 Å². The fourth-order valence-corrected chi connectivity index (χ4v) is 5.05. The second kappa shape index (κ2) is 6.80. The predicted molar refractivity (Wildman–Crippen MR) is 91.3 cm³/mol. The zero-order chi connectivity index (χ0) is 15.6. The molecule has 3 nitrogen and oxygen atoms in total. The van der Waals surface area contributed by atoms with E-state index in [-0.39, 0.29) is 11.3 Å². The van der Waals surface area contributed by atoms with Crippen LogP contribution in [0.5, 0.6) is 0 Å². The monoisotopic (exact) mass is 373 g/mol. The zero-order valence-electron chi connectivity index (χ0n) is 12.9. The van der Waals surface area contributed by atoms with Crippen molar-refractivity contribution in [3.8, 4) is 0 Å². The van der Waals surface area contributed by atoms with Gasteiger partial charge in [-0.3, -0.25) is 0 Å². The van der Waals surface area contributed by atoms with Gasteiger partial charge in [-0.05, 0) is 56.3 Å². The fraction of sp³-hybridized carbons (Fsp3) is 0.625. The highest BCUT2D eigenvalue weighted by Crippen LogP contribution is 2.38. The Morgan fingerprint density at radius 2 is 2.05 bits per heavy atom. The Kier molecular flexibility index (Phi) is 5.49. The standard InChI is InChI=1S/C16H24BrNO2S/c1-11-14(8-5-9-15(11)17)16(18-2)12-6-4-7-13(10-12)21(3,19)20/h5,8-9,12-13,16,18H,4,6-7,10H2,1-3H3. The first-order chi connectivity index (χ1) is 9.84. The highest BCUT2D eigenvalue weighted by Gasteiger charge is 2.33. The van der Waals surface area contributed by atoms with E-state index in [0.717, 1.165) is 30.2 Å². The van der Waals surface area contributed by atoms with Crippen LogP contribution < -0.4 is 5.32 Å². The second-order valence-corrected chi connectivity index (χ2v) is 9.28. The van der Waals surface area contributed by atoms with Crippen molar-refractivity contribution in [2.24, 2.45) is 5.92 Å². The molecule has 1 aromatic rings. The Hall–Kier alpha value is -0.390. The molecule has 0 aliphatic heterocycles. The first-order valence-electron chi connectivity index (χ1n) is 7.45. The summed E-state index contributed by atoms with van der Waals surface area (Å²) in [6, 6.07) is 6.46. The van der Waals surface area contributed by atoms with E-state index in [0.29, 0.717) is 5.92 Å². The Bertz CT molecular complexity index is 600. The maximum Gasteiger partial charge on any atom is 0.150 e. The number of hydrogen-bond donors (Lipinski definition) is 1. The van der Waals surface area contributed by atoms with Crippen LogP contribution in [0.3, 0.4) is 0 Å². The summed E-state index contributed by atoms with van der Waals surface area (Å²) in [6.45, 7) is 2.11. The maximum atomic E-state index is 11.9. The smallest absolute Gasteiger partial charge is 0.150 e. The number of sulfone groups is 1. The maximum absolute atomic E-state index is 11.9. The quantitative estimate of drug-likeness (QED) is 0.876. The highest BCUT2D eigenvalue weighted by atomic mass is 79.9. The molecule has 0 radical (unpaired) electrons. The zero-order valence-corrected chi connectivity index (χ0v) is 15.3. The lowest BCUT2D eigenvalue weighted by molar-refractivity contribution is 0.282. The minimum Gasteiger partial charge on any atom is -0.313 e. The minimum absolute atomic E-state index is 0.181. The van der Waals surface area contributed by atoms with Crippen molar-refractivity contribution in [1.82, 2.24) is 5.32 Å². The summed E-state index contributed by atoms with van der Waals surface area (Å²) in [4.78, 5) is 0. The summed E-state index contributed by atoms with van der Waals surface area (Å²) < 4.78 is 24.9. The van der Waals surface area contributed by atoms with E-state index in [2.05, 4.69) is 34.2 Å². The Morgan fingerprint density at radius 3 is 2.67 bits per heavy atom. The second-order valence-electron chi connectivity index (χ2n) is 6.10. The SMILES string of the molecule is CNC(c1cccc(Br)c1C)C1CCCC(S(C)(=O)=O)C1. The van der Waals surface area contributed by atoms with Crippen molar-refractivity contribution in [3.63, 3.8) is 0 Å². The van der Waals surface area contributed by atoms with Crippen LogP contribution in [0.25, 0.3) is 0 Å². The molecule has 1 aromatic carbocycles. The van der Waals surface area contributed by atoms with Gasteiger partial charge in [-0.15, -0.1) is 0 Å². The molecule has 21 heavy (non-hydrogen) atoms. The molecule has 118 valence electrons. The van der Waals surface area contributed by atoms with E-state index < -0.39 is 9.84 Å². The summed E-state index contributed by atoms with van der Waals surface area (Å²) in [5, 5.41) is 3.23.